The Kier molecular flexibility index (Phi) is 6.11. The van der Waals surface area contributed by atoms with Crippen LogP contribution in [0, 0.1) is 0 Å². The molecule has 2 saturated heterocycles. The summed E-state index contributed by atoms with van der Waals surface area (Å²) in [5.41, 5.74) is 1.31. The van der Waals surface area contributed by atoms with Crippen molar-refractivity contribution in [3.8, 4) is 0 Å². The largest absolute Gasteiger partial charge is 0.315 e. The molecule has 4 rings (SSSR count). The topological polar surface area (TPSA) is 65.5 Å². The number of rotatable bonds is 4. The number of anilines is 2. The minimum absolute atomic E-state index is 0.0241. The number of carbonyl (C=O) groups is 2. The molecule has 2 aromatic rings. The van der Waals surface area contributed by atoms with Crippen LogP contribution in [0.1, 0.15) is 42.5 Å². The Morgan fingerprint density at radius 1 is 1.21 bits per heavy atom. The fourth-order valence-corrected chi connectivity index (χ4v) is 4.28. The fourth-order valence-electron chi connectivity index (χ4n) is 4.07. The third-order valence-electron chi connectivity index (χ3n) is 5.55. The highest BCUT2D eigenvalue weighted by molar-refractivity contribution is 6.33. The molecule has 29 heavy (non-hydrogen) atoms. The summed E-state index contributed by atoms with van der Waals surface area (Å²) in [6.45, 7) is 2.34. The average molecular weight is 413 g/mol. The number of halogens is 1. The van der Waals surface area contributed by atoms with Crippen molar-refractivity contribution < 1.29 is 9.59 Å². The standard InChI is InChI=1S/C22H25ClN4O2/c23-19-9-5-12-25-21(19)27(18-8-4-11-24-15-18)22(29)16-6-3-7-17(14-16)26-13-2-1-10-20(26)28/h3,5-7,9,12,14,18,24H,1-2,4,8,10-11,13,15H2/t18-/m1/s1. The predicted octanol–water partition coefficient (Wildman–Crippen LogP) is 3.65. The second kappa shape index (κ2) is 8.93. The minimum atomic E-state index is -0.148. The van der Waals surface area contributed by atoms with Crippen LogP contribution in [0.3, 0.4) is 0 Å². The molecule has 0 bridgehead atoms. The molecule has 152 valence electrons. The number of hydrogen-bond acceptors (Lipinski definition) is 4. The van der Waals surface area contributed by atoms with Crippen LogP contribution in [-0.2, 0) is 4.79 Å². The summed E-state index contributed by atoms with van der Waals surface area (Å²) < 4.78 is 0. The summed E-state index contributed by atoms with van der Waals surface area (Å²) in [4.78, 5) is 33.8. The van der Waals surface area contributed by atoms with Gasteiger partial charge in [0.1, 0.15) is 0 Å². The molecule has 1 aromatic heterocycles. The van der Waals surface area contributed by atoms with Gasteiger partial charge in [-0.2, -0.15) is 0 Å². The van der Waals surface area contributed by atoms with Gasteiger partial charge in [0.05, 0.1) is 11.1 Å². The van der Waals surface area contributed by atoms with Crippen LogP contribution in [0.4, 0.5) is 11.5 Å². The lowest BCUT2D eigenvalue weighted by molar-refractivity contribution is -0.119. The summed E-state index contributed by atoms with van der Waals surface area (Å²) in [5, 5.41) is 3.81. The Balaban J connectivity index is 1.68. The maximum Gasteiger partial charge on any atom is 0.259 e. The van der Waals surface area contributed by atoms with Gasteiger partial charge in [-0.3, -0.25) is 14.5 Å². The van der Waals surface area contributed by atoms with E-state index in [-0.39, 0.29) is 17.9 Å². The number of piperidine rings is 2. The summed E-state index contributed by atoms with van der Waals surface area (Å²) >= 11 is 6.41. The maximum absolute atomic E-state index is 13.6. The molecule has 2 aliphatic heterocycles. The van der Waals surface area contributed by atoms with Gasteiger partial charge in [0.15, 0.2) is 5.82 Å². The summed E-state index contributed by atoms with van der Waals surface area (Å²) in [5.74, 6) is 0.444. The maximum atomic E-state index is 13.6. The van der Waals surface area contributed by atoms with Crippen LogP contribution in [0.5, 0.6) is 0 Å². The van der Waals surface area contributed by atoms with E-state index in [2.05, 4.69) is 10.3 Å². The molecule has 0 radical (unpaired) electrons. The van der Waals surface area contributed by atoms with E-state index in [1.54, 1.807) is 34.2 Å². The number of pyridine rings is 1. The first-order chi connectivity index (χ1) is 14.1. The quantitative estimate of drug-likeness (QED) is 0.832. The zero-order valence-corrected chi connectivity index (χ0v) is 17.1. The van der Waals surface area contributed by atoms with Crippen molar-refractivity contribution in [2.24, 2.45) is 0 Å². The Morgan fingerprint density at radius 2 is 2.10 bits per heavy atom. The first-order valence-corrected chi connectivity index (χ1v) is 10.6. The smallest absolute Gasteiger partial charge is 0.259 e. The van der Waals surface area contributed by atoms with Gasteiger partial charge in [0.25, 0.3) is 5.91 Å². The third-order valence-corrected chi connectivity index (χ3v) is 5.85. The second-order valence-corrected chi connectivity index (χ2v) is 7.94. The van der Waals surface area contributed by atoms with Gasteiger partial charge in [-0.1, -0.05) is 17.7 Å². The van der Waals surface area contributed by atoms with Crippen molar-refractivity contribution in [1.82, 2.24) is 10.3 Å². The molecule has 1 atom stereocenters. The van der Waals surface area contributed by atoms with Crippen LogP contribution in [0.2, 0.25) is 5.02 Å². The Morgan fingerprint density at radius 3 is 2.86 bits per heavy atom. The van der Waals surface area contributed by atoms with Crippen LogP contribution in [-0.4, -0.2) is 42.5 Å². The van der Waals surface area contributed by atoms with Crippen molar-refractivity contribution in [2.45, 2.75) is 38.1 Å². The van der Waals surface area contributed by atoms with Gasteiger partial charge in [-0.15, -0.1) is 0 Å². The van der Waals surface area contributed by atoms with Crippen molar-refractivity contribution in [2.75, 3.05) is 29.4 Å². The van der Waals surface area contributed by atoms with Gasteiger partial charge in [0, 0.05) is 37.0 Å². The molecule has 3 heterocycles. The number of aromatic nitrogens is 1. The van der Waals surface area contributed by atoms with Crippen molar-refractivity contribution >= 4 is 34.9 Å². The lowest BCUT2D eigenvalue weighted by Gasteiger charge is -2.34. The predicted molar refractivity (Wildman–Crippen MR) is 115 cm³/mol. The Hall–Kier alpha value is -2.44. The van der Waals surface area contributed by atoms with Crippen molar-refractivity contribution in [3.05, 3.63) is 53.2 Å². The number of carbonyl (C=O) groups excluding carboxylic acids is 2. The third kappa shape index (κ3) is 4.28. The minimum Gasteiger partial charge on any atom is -0.315 e. The first-order valence-electron chi connectivity index (χ1n) is 10.2. The lowest BCUT2D eigenvalue weighted by Crippen LogP contribution is -2.49. The number of nitrogens with one attached hydrogen (secondary N) is 1. The first kappa shape index (κ1) is 19.9. The second-order valence-electron chi connectivity index (χ2n) is 7.54. The van der Waals surface area contributed by atoms with Gasteiger partial charge in [-0.05, 0) is 62.6 Å². The van der Waals surface area contributed by atoms with Crippen LogP contribution in [0.15, 0.2) is 42.6 Å². The van der Waals surface area contributed by atoms with Crippen molar-refractivity contribution in [1.29, 1.82) is 0 Å². The van der Waals surface area contributed by atoms with Gasteiger partial charge >= 0.3 is 0 Å². The van der Waals surface area contributed by atoms with E-state index < -0.39 is 0 Å². The van der Waals surface area contributed by atoms with Crippen LogP contribution < -0.4 is 15.1 Å². The van der Waals surface area contributed by atoms with E-state index in [0.717, 1.165) is 37.9 Å². The molecule has 0 unspecified atom stereocenters. The monoisotopic (exact) mass is 412 g/mol. The highest BCUT2D eigenvalue weighted by Gasteiger charge is 2.30. The zero-order chi connectivity index (χ0) is 20.2. The highest BCUT2D eigenvalue weighted by Crippen LogP contribution is 2.29. The van der Waals surface area contributed by atoms with E-state index in [4.69, 9.17) is 11.6 Å². The molecule has 0 saturated carbocycles. The normalized spacial score (nSPS) is 19.8. The molecular weight excluding hydrogens is 388 g/mol. The molecule has 2 amide bonds. The highest BCUT2D eigenvalue weighted by atomic mass is 35.5. The lowest BCUT2D eigenvalue weighted by atomic mass is 10.0. The van der Waals surface area contributed by atoms with Gasteiger partial charge < -0.3 is 10.2 Å². The fraction of sp³-hybridized carbons (Fsp3) is 0.409. The van der Waals surface area contributed by atoms with Crippen LogP contribution in [0.25, 0.3) is 0 Å². The van der Waals surface area contributed by atoms with E-state index in [1.807, 2.05) is 18.2 Å². The molecular formula is C22H25ClN4O2. The zero-order valence-electron chi connectivity index (χ0n) is 16.3. The molecule has 2 aliphatic rings. The molecule has 1 aromatic carbocycles. The van der Waals surface area contributed by atoms with Crippen LogP contribution >= 0.6 is 11.6 Å². The van der Waals surface area contributed by atoms with Crippen molar-refractivity contribution in [3.63, 3.8) is 0 Å². The van der Waals surface area contributed by atoms with E-state index in [9.17, 15) is 9.59 Å². The SMILES string of the molecule is O=C1CCCCN1c1cccc(C(=O)N(c2ncccc2Cl)[C@@H]2CCCNC2)c1. The summed E-state index contributed by atoms with van der Waals surface area (Å²) in [6.07, 6.45) is 5.99. The molecule has 2 fully saturated rings. The summed E-state index contributed by atoms with van der Waals surface area (Å²) in [6, 6.07) is 10.8. The molecule has 0 spiro atoms. The average Bonchev–Trinajstić information content (AvgIpc) is 2.76. The van der Waals surface area contributed by atoms with Gasteiger partial charge in [0.2, 0.25) is 5.91 Å². The molecule has 7 heteroatoms. The number of benzene rings is 1. The van der Waals surface area contributed by atoms with E-state index in [0.29, 0.717) is 35.9 Å². The number of nitrogens with zero attached hydrogens (tertiary/aromatic N) is 3. The summed E-state index contributed by atoms with van der Waals surface area (Å²) in [7, 11) is 0. The van der Waals surface area contributed by atoms with E-state index in [1.165, 1.54) is 0 Å². The number of hydrogen-bond donors (Lipinski definition) is 1. The molecule has 0 aliphatic carbocycles. The molecule has 1 N–H and O–H groups in total. The molecule has 6 nitrogen and oxygen atoms in total. The van der Waals surface area contributed by atoms with E-state index >= 15 is 0 Å². The number of amides is 2. The van der Waals surface area contributed by atoms with Gasteiger partial charge in [-0.25, -0.2) is 4.98 Å². The Bertz CT molecular complexity index is 898. The Labute approximate surface area is 175 Å².